The predicted octanol–water partition coefficient (Wildman–Crippen LogP) is 4.49. The summed E-state index contributed by atoms with van der Waals surface area (Å²) in [6, 6.07) is 0. The van der Waals surface area contributed by atoms with Gasteiger partial charge in [-0.3, -0.25) is 4.79 Å². The minimum absolute atomic E-state index is 0.148. The number of hydrogen-bond acceptors (Lipinski definition) is 1. The van der Waals surface area contributed by atoms with Gasteiger partial charge in [-0.1, -0.05) is 41.5 Å². The van der Waals surface area contributed by atoms with Crippen molar-refractivity contribution in [1.82, 2.24) is 0 Å². The largest absolute Gasteiger partial charge is 0.481 e. The fourth-order valence-corrected chi connectivity index (χ4v) is 2.31. The lowest BCUT2D eigenvalue weighted by molar-refractivity contribution is -0.269. The molecule has 0 aliphatic heterocycles. The van der Waals surface area contributed by atoms with Gasteiger partial charge in [-0.05, 0) is 23.7 Å². The molecule has 0 saturated carbocycles. The van der Waals surface area contributed by atoms with Gasteiger partial charge in [0.05, 0.1) is 0 Å². The highest BCUT2D eigenvalue weighted by atomic mass is 19.4. The molecule has 108 valence electrons. The fourth-order valence-electron chi connectivity index (χ4n) is 2.31. The van der Waals surface area contributed by atoms with Crippen molar-refractivity contribution in [2.45, 2.75) is 60.6 Å². The quantitative estimate of drug-likeness (QED) is 0.815. The highest BCUT2D eigenvalue weighted by Gasteiger charge is 2.68. The maximum atomic E-state index is 13.5. The molecule has 0 aromatic carbocycles. The smallest absolute Gasteiger partial charge is 0.405 e. The Balaban J connectivity index is 6.01. The molecule has 5 heteroatoms. The van der Waals surface area contributed by atoms with Crippen LogP contribution in [0.15, 0.2) is 0 Å². The van der Waals surface area contributed by atoms with Crippen molar-refractivity contribution in [3.63, 3.8) is 0 Å². The second kappa shape index (κ2) is 4.74. The molecule has 0 heterocycles. The van der Waals surface area contributed by atoms with Gasteiger partial charge in [-0.2, -0.15) is 13.2 Å². The van der Waals surface area contributed by atoms with Crippen molar-refractivity contribution in [3.8, 4) is 0 Å². The van der Waals surface area contributed by atoms with E-state index in [0.29, 0.717) is 0 Å². The second-order valence-electron chi connectivity index (χ2n) is 6.68. The zero-order valence-corrected chi connectivity index (χ0v) is 11.9. The van der Waals surface area contributed by atoms with Gasteiger partial charge in [-0.15, -0.1) is 0 Å². The summed E-state index contributed by atoms with van der Waals surface area (Å²) in [5, 5.41) is 9.27. The van der Waals surface area contributed by atoms with Gasteiger partial charge < -0.3 is 5.11 Å². The molecular weight excluding hydrogens is 245 g/mol. The maximum absolute atomic E-state index is 13.5. The lowest BCUT2D eigenvalue weighted by atomic mass is 9.58. The van der Waals surface area contributed by atoms with Crippen LogP contribution in [0, 0.1) is 16.2 Å². The molecule has 0 aliphatic rings. The van der Waals surface area contributed by atoms with E-state index in [1.165, 1.54) is 13.8 Å². The first-order chi connectivity index (χ1) is 7.71. The van der Waals surface area contributed by atoms with Gasteiger partial charge in [0.15, 0.2) is 5.41 Å². The van der Waals surface area contributed by atoms with E-state index >= 15 is 0 Å². The van der Waals surface area contributed by atoms with E-state index in [-0.39, 0.29) is 6.42 Å². The highest BCUT2D eigenvalue weighted by molar-refractivity contribution is 5.77. The van der Waals surface area contributed by atoms with Crippen LogP contribution < -0.4 is 0 Å². The van der Waals surface area contributed by atoms with Crippen molar-refractivity contribution in [1.29, 1.82) is 0 Å². The van der Waals surface area contributed by atoms with Crippen molar-refractivity contribution in [2.24, 2.45) is 16.2 Å². The Kier molecular flexibility index (Phi) is 4.55. The summed E-state index contributed by atoms with van der Waals surface area (Å²) >= 11 is 0. The molecule has 1 N–H and O–H groups in total. The molecule has 0 saturated heterocycles. The minimum Gasteiger partial charge on any atom is -0.481 e. The molecule has 0 spiro atoms. The average molecular weight is 268 g/mol. The van der Waals surface area contributed by atoms with Gasteiger partial charge >= 0.3 is 12.1 Å². The van der Waals surface area contributed by atoms with E-state index in [9.17, 15) is 23.1 Å². The standard InChI is InChI=1S/C13H23F3O2/c1-7-11(5,6)12(9(17)18,13(14,15)16)8-10(2,3)4/h7-8H2,1-6H3,(H,17,18). The van der Waals surface area contributed by atoms with Gasteiger partial charge in [-0.25, -0.2) is 0 Å². The third kappa shape index (κ3) is 2.98. The van der Waals surface area contributed by atoms with Crippen molar-refractivity contribution >= 4 is 5.97 Å². The SMILES string of the molecule is CCC(C)(C)C(CC(C)(C)C)(C(=O)O)C(F)(F)F. The summed E-state index contributed by atoms with van der Waals surface area (Å²) in [6.45, 7) is 9.22. The maximum Gasteiger partial charge on any atom is 0.405 e. The van der Waals surface area contributed by atoms with Gasteiger partial charge in [0.2, 0.25) is 0 Å². The fraction of sp³-hybridized carbons (Fsp3) is 0.923. The van der Waals surface area contributed by atoms with E-state index in [0.717, 1.165) is 0 Å². The monoisotopic (exact) mass is 268 g/mol. The predicted molar refractivity (Wildman–Crippen MR) is 64.3 cm³/mol. The van der Waals surface area contributed by atoms with E-state index in [2.05, 4.69) is 0 Å². The molecule has 0 aliphatic carbocycles. The molecule has 0 aromatic rings. The topological polar surface area (TPSA) is 37.3 Å². The average Bonchev–Trinajstić information content (AvgIpc) is 2.09. The second-order valence-corrected chi connectivity index (χ2v) is 6.68. The van der Waals surface area contributed by atoms with Crippen LogP contribution in [-0.2, 0) is 4.79 Å². The van der Waals surface area contributed by atoms with Crippen LogP contribution in [0.2, 0.25) is 0 Å². The molecular formula is C13H23F3O2. The third-order valence-corrected chi connectivity index (χ3v) is 3.68. The summed E-state index contributed by atoms with van der Waals surface area (Å²) in [6.07, 6.45) is -5.06. The van der Waals surface area contributed by atoms with Crippen LogP contribution in [-0.4, -0.2) is 17.3 Å². The summed E-state index contributed by atoms with van der Waals surface area (Å²) < 4.78 is 40.4. The number of aliphatic carboxylic acids is 1. The normalized spacial score (nSPS) is 17.4. The molecule has 0 rings (SSSR count). The van der Waals surface area contributed by atoms with E-state index in [1.54, 1.807) is 27.7 Å². The molecule has 18 heavy (non-hydrogen) atoms. The first kappa shape index (κ1) is 17.3. The van der Waals surface area contributed by atoms with Crippen LogP contribution in [0.5, 0.6) is 0 Å². The number of carbonyl (C=O) groups is 1. The Morgan fingerprint density at radius 3 is 1.61 bits per heavy atom. The summed E-state index contributed by atoms with van der Waals surface area (Å²) in [5.74, 6) is -1.78. The first-order valence-electron chi connectivity index (χ1n) is 6.01. The lowest BCUT2D eigenvalue weighted by Gasteiger charge is -2.47. The van der Waals surface area contributed by atoms with E-state index in [4.69, 9.17) is 0 Å². The zero-order valence-electron chi connectivity index (χ0n) is 11.9. The van der Waals surface area contributed by atoms with Crippen LogP contribution in [0.3, 0.4) is 0 Å². The molecule has 0 radical (unpaired) electrons. The highest BCUT2D eigenvalue weighted by Crippen LogP contribution is 2.58. The van der Waals surface area contributed by atoms with Gasteiger partial charge in [0.25, 0.3) is 0 Å². The Bertz CT molecular complexity index is 313. The lowest BCUT2D eigenvalue weighted by Crippen LogP contribution is -2.56. The Labute approximate surface area is 107 Å². The van der Waals surface area contributed by atoms with Crippen LogP contribution in [0.1, 0.15) is 54.4 Å². The number of halogens is 3. The number of carboxylic acid groups (broad SMARTS) is 1. The summed E-state index contributed by atoms with van der Waals surface area (Å²) in [5.41, 5.74) is -4.79. The van der Waals surface area contributed by atoms with Crippen LogP contribution in [0.4, 0.5) is 13.2 Å². The van der Waals surface area contributed by atoms with Crippen LogP contribution in [0.25, 0.3) is 0 Å². The number of hydrogen-bond donors (Lipinski definition) is 1. The minimum atomic E-state index is -4.77. The van der Waals surface area contributed by atoms with Crippen molar-refractivity contribution in [2.75, 3.05) is 0 Å². The van der Waals surface area contributed by atoms with Crippen molar-refractivity contribution in [3.05, 3.63) is 0 Å². The van der Waals surface area contributed by atoms with Crippen molar-refractivity contribution < 1.29 is 23.1 Å². The molecule has 0 aromatic heterocycles. The summed E-state index contributed by atoms with van der Waals surface area (Å²) in [4.78, 5) is 11.4. The third-order valence-electron chi connectivity index (χ3n) is 3.68. The van der Waals surface area contributed by atoms with E-state index in [1.807, 2.05) is 0 Å². The Morgan fingerprint density at radius 1 is 1.06 bits per heavy atom. The molecule has 1 atom stereocenters. The molecule has 2 nitrogen and oxygen atoms in total. The molecule has 0 amide bonds. The van der Waals surface area contributed by atoms with Gasteiger partial charge in [0.1, 0.15) is 0 Å². The van der Waals surface area contributed by atoms with E-state index < -0.39 is 34.8 Å². The molecule has 0 fully saturated rings. The summed E-state index contributed by atoms with van der Waals surface area (Å²) in [7, 11) is 0. The van der Waals surface area contributed by atoms with Crippen LogP contribution >= 0.6 is 0 Å². The van der Waals surface area contributed by atoms with Gasteiger partial charge in [0, 0.05) is 0 Å². The Hall–Kier alpha value is -0.740. The zero-order chi connectivity index (χ0) is 15.0. The molecule has 1 unspecified atom stereocenters. The first-order valence-corrected chi connectivity index (χ1v) is 6.01. The number of alkyl halides is 3. The Morgan fingerprint density at radius 2 is 1.44 bits per heavy atom. The number of carboxylic acids is 1. The number of rotatable bonds is 4. The molecule has 0 bridgehead atoms.